The van der Waals surface area contributed by atoms with Crippen molar-refractivity contribution in [3.05, 3.63) is 51.5 Å². The van der Waals surface area contributed by atoms with Crippen molar-refractivity contribution in [2.24, 2.45) is 0 Å². The summed E-state index contributed by atoms with van der Waals surface area (Å²) in [6, 6.07) is 8.91. The van der Waals surface area contributed by atoms with E-state index in [2.05, 4.69) is 55.3 Å². The zero-order valence-electron chi connectivity index (χ0n) is 11.9. The molecule has 102 valence electrons. The lowest BCUT2D eigenvalue weighted by atomic mass is 10.0. The third kappa shape index (κ3) is 4.15. The van der Waals surface area contributed by atoms with Crippen molar-refractivity contribution in [3.63, 3.8) is 0 Å². The largest absolute Gasteiger partial charge is 0.312 e. The highest BCUT2D eigenvalue weighted by Gasteiger charge is 2.01. The Morgan fingerprint density at radius 3 is 2.53 bits per heavy atom. The van der Waals surface area contributed by atoms with Gasteiger partial charge in [0.2, 0.25) is 0 Å². The van der Waals surface area contributed by atoms with Gasteiger partial charge in [-0.15, -0.1) is 11.3 Å². The van der Waals surface area contributed by atoms with E-state index in [0.29, 0.717) is 5.92 Å². The second-order valence-corrected chi connectivity index (χ2v) is 6.12. The average molecular weight is 274 g/mol. The molecular formula is C16H22N2S. The molecule has 0 saturated carbocycles. The summed E-state index contributed by atoms with van der Waals surface area (Å²) in [5.41, 5.74) is 5.86. The molecule has 0 radical (unpaired) electrons. The van der Waals surface area contributed by atoms with Gasteiger partial charge in [-0.3, -0.25) is 0 Å². The molecule has 1 heterocycles. The van der Waals surface area contributed by atoms with E-state index < -0.39 is 0 Å². The minimum atomic E-state index is 0.608. The Morgan fingerprint density at radius 1 is 1.21 bits per heavy atom. The second-order valence-electron chi connectivity index (χ2n) is 5.18. The van der Waals surface area contributed by atoms with Gasteiger partial charge in [-0.1, -0.05) is 38.1 Å². The second kappa shape index (κ2) is 6.83. The highest BCUT2D eigenvalue weighted by Crippen LogP contribution is 2.15. The van der Waals surface area contributed by atoms with Crippen molar-refractivity contribution >= 4 is 11.3 Å². The number of thiazole rings is 1. The van der Waals surface area contributed by atoms with Crippen LogP contribution in [0.25, 0.3) is 0 Å². The van der Waals surface area contributed by atoms with E-state index in [4.69, 9.17) is 0 Å². The molecule has 2 rings (SSSR count). The lowest BCUT2D eigenvalue weighted by Gasteiger charge is -2.08. The molecular weight excluding hydrogens is 252 g/mol. The molecule has 0 spiro atoms. The molecule has 0 saturated heterocycles. The molecule has 0 aliphatic rings. The predicted octanol–water partition coefficient (Wildman–Crippen LogP) is 3.91. The van der Waals surface area contributed by atoms with Crippen molar-refractivity contribution in [1.82, 2.24) is 10.3 Å². The normalized spacial score (nSPS) is 11.2. The van der Waals surface area contributed by atoms with Crippen molar-refractivity contribution in [2.75, 3.05) is 6.54 Å². The topological polar surface area (TPSA) is 24.9 Å². The van der Waals surface area contributed by atoms with Gasteiger partial charge in [0.1, 0.15) is 0 Å². The minimum Gasteiger partial charge on any atom is -0.312 e. The fourth-order valence-corrected chi connectivity index (χ4v) is 2.80. The summed E-state index contributed by atoms with van der Waals surface area (Å²) in [5, 5.41) is 3.49. The summed E-state index contributed by atoms with van der Waals surface area (Å²) >= 11 is 1.75. The molecule has 0 aliphatic heterocycles. The molecule has 0 atom stereocenters. The first kappa shape index (κ1) is 14.2. The van der Waals surface area contributed by atoms with Gasteiger partial charge in [-0.05, 0) is 30.4 Å². The summed E-state index contributed by atoms with van der Waals surface area (Å²) in [4.78, 5) is 5.66. The highest BCUT2D eigenvalue weighted by atomic mass is 32.1. The number of benzene rings is 1. The van der Waals surface area contributed by atoms with Crippen LogP contribution < -0.4 is 5.32 Å². The maximum Gasteiger partial charge on any atom is 0.0797 e. The van der Waals surface area contributed by atoms with Crippen LogP contribution in [0.4, 0.5) is 0 Å². The average Bonchev–Trinajstić information content (AvgIpc) is 2.81. The molecule has 0 fully saturated rings. The van der Waals surface area contributed by atoms with Gasteiger partial charge in [0.15, 0.2) is 0 Å². The molecule has 1 aromatic heterocycles. The van der Waals surface area contributed by atoms with Crippen molar-refractivity contribution in [3.8, 4) is 0 Å². The summed E-state index contributed by atoms with van der Waals surface area (Å²) in [5.74, 6) is 0.608. The van der Waals surface area contributed by atoms with Crippen molar-refractivity contribution in [1.29, 1.82) is 0 Å². The van der Waals surface area contributed by atoms with Crippen LogP contribution in [0, 0.1) is 6.92 Å². The van der Waals surface area contributed by atoms with Crippen LogP contribution in [-0.4, -0.2) is 11.5 Å². The number of nitrogens with one attached hydrogen (secondary N) is 1. The van der Waals surface area contributed by atoms with Crippen LogP contribution in [-0.2, 0) is 13.0 Å². The smallest absolute Gasteiger partial charge is 0.0797 e. The quantitative estimate of drug-likeness (QED) is 0.808. The Balaban J connectivity index is 1.75. The summed E-state index contributed by atoms with van der Waals surface area (Å²) in [7, 11) is 0. The zero-order valence-corrected chi connectivity index (χ0v) is 12.8. The van der Waals surface area contributed by atoms with Gasteiger partial charge in [0.05, 0.1) is 11.2 Å². The van der Waals surface area contributed by atoms with Crippen LogP contribution >= 0.6 is 11.3 Å². The number of aromatic nitrogens is 1. The van der Waals surface area contributed by atoms with Gasteiger partial charge >= 0.3 is 0 Å². The lowest BCUT2D eigenvalue weighted by Crippen LogP contribution is -2.16. The SMILES string of the molecule is Cc1ncsc1CCNCc1ccc(C(C)C)cc1. The van der Waals surface area contributed by atoms with Crippen LogP contribution in [0.5, 0.6) is 0 Å². The molecule has 3 heteroatoms. The third-order valence-electron chi connectivity index (χ3n) is 3.35. The zero-order chi connectivity index (χ0) is 13.7. The predicted molar refractivity (Wildman–Crippen MR) is 82.8 cm³/mol. The summed E-state index contributed by atoms with van der Waals surface area (Å²) in [6.45, 7) is 8.48. The maximum absolute atomic E-state index is 4.27. The molecule has 0 amide bonds. The fraction of sp³-hybridized carbons (Fsp3) is 0.438. The minimum absolute atomic E-state index is 0.608. The highest BCUT2D eigenvalue weighted by molar-refractivity contribution is 7.09. The van der Waals surface area contributed by atoms with E-state index in [9.17, 15) is 0 Å². The summed E-state index contributed by atoms with van der Waals surface area (Å²) in [6.07, 6.45) is 1.07. The Labute approximate surface area is 119 Å². The molecule has 1 N–H and O–H groups in total. The number of aryl methyl sites for hydroxylation is 1. The van der Waals surface area contributed by atoms with Crippen LogP contribution in [0.2, 0.25) is 0 Å². The fourth-order valence-electron chi connectivity index (χ4n) is 2.02. The number of nitrogens with zero attached hydrogens (tertiary/aromatic N) is 1. The number of hydrogen-bond acceptors (Lipinski definition) is 3. The number of rotatable bonds is 6. The Bertz CT molecular complexity index is 500. The Hall–Kier alpha value is -1.19. The van der Waals surface area contributed by atoms with Gasteiger partial charge in [-0.25, -0.2) is 4.98 Å². The van der Waals surface area contributed by atoms with E-state index in [0.717, 1.165) is 19.5 Å². The van der Waals surface area contributed by atoms with Gasteiger partial charge in [-0.2, -0.15) is 0 Å². The van der Waals surface area contributed by atoms with E-state index in [1.165, 1.54) is 21.7 Å². The van der Waals surface area contributed by atoms with E-state index in [1.807, 2.05) is 5.51 Å². The third-order valence-corrected chi connectivity index (χ3v) is 4.34. The van der Waals surface area contributed by atoms with Gasteiger partial charge in [0, 0.05) is 18.0 Å². The molecule has 2 nitrogen and oxygen atoms in total. The molecule has 1 aromatic carbocycles. The molecule has 2 aromatic rings. The van der Waals surface area contributed by atoms with Gasteiger partial charge in [0.25, 0.3) is 0 Å². The standard InChI is InChI=1S/C16H22N2S/c1-12(2)15-6-4-14(5-7-15)10-17-9-8-16-13(3)18-11-19-16/h4-7,11-12,17H,8-10H2,1-3H3. The van der Waals surface area contributed by atoms with E-state index in [-0.39, 0.29) is 0 Å². The first-order chi connectivity index (χ1) is 9.16. The molecule has 0 bridgehead atoms. The monoisotopic (exact) mass is 274 g/mol. The van der Waals surface area contributed by atoms with Crippen molar-refractivity contribution < 1.29 is 0 Å². The molecule has 19 heavy (non-hydrogen) atoms. The van der Waals surface area contributed by atoms with Crippen molar-refractivity contribution in [2.45, 2.75) is 39.7 Å². The van der Waals surface area contributed by atoms with Crippen LogP contribution in [0.3, 0.4) is 0 Å². The van der Waals surface area contributed by atoms with Gasteiger partial charge < -0.3 is 5.32 Å². The molecule has 0 aliphatic carbocycles. The van der Waals surface area contributed by atoms with Crippen LogP contribution in [0.1, 0.15) is 41.5 Å². The summed E-state index contributed by atoms with van der Waals surface area (Å²) < 4.78 is 0. The lowest BCUT2D eigenvalue weighted by molar-refractivity contribution is 0.688. The first-order valence-electron chi connectivity index (χ1n) is 6.85. The number of hydrogen-bond donors (Lipinski definition) is 1. The molecule has 0 unspecified atom stereocenters. The first-order valence-corrected chi connectivity index (χ1v) is 7.73. The van der Waals surface area contributed by atoms with E-state index >= 15 is 0 Å². The maximum atomic E-state index is 4.27. The Kier molecular flexibility index (Phi) is 5.11. The van der Waals surface area contributed by atoms with Crippen LogP contribution in [0.15, 0.2) is 29.8 Å². The van der Waals surface area contributed by atoms with E-state index in [1.54, 1.807) is 11.3 Å². The Morgan fingerprint density at radius 2 is 1.95 bits per heavy atom.